The van der Waals surface area contributed by atoms with Crippen LogP contribution in [0.15, 0.2) is 24.4 Å². The molecule has 0 aromatic carbocycles. The summed E-state index contributed by atoms with van der Waals surface area (Å²) in [5.74, 6) is -0.163. The zero-order valence-electron chi connectivity index (χ0n) is 10.3. The molecule has 1 aromatic heterocycles. The number of hydrogen-bond donors (Lipinski definition) is 0. The van der Waals surface area contributed by atoms with E-state index in [-0.39, 0.29) is 5.97 Å². The van der Waals surface area contributed by atoms with Gasteiger partial charge in [0.25, 0.3) is 0 Å². The molecule has 4 heteroatoms. The largest absolute Gasteiger partial charge is 0.468 e. The van der Waals surface area contributed by atoms with Gasteiger partial charge >= 0.3 is 5.97 Å². The molecule has 0 saturated carbocycles. The Labute approximate surface area is 102 Å². The smallest absolute Gasteiger partial charge is 0.317 e. The Morgan fingerprint density at radius 3 is 2.65 bits per heavy atom. The van der Waals surface area contributed by atoms with Crippen molar-refractivity contribution < 1.29 is 9.53 Å². The summed E-state index contributed by atoms with van der Waals surface area (Å²) in [6.07, 6.45) is 3.28. The lowest BCUT2D eigenvalue weighted by Gasteiger charge is -2.37. The second-order valence-corrected chi connectivity index (χ2v) is 4.59. The van der Waals surface area contributed by atoms with Crippen molar-refractivity contribution in [3.05, 3.63) is 30.1 Å². The van der Waals surface area contributed by atoms with Crippen molar-refractivity contribution >= 4 is 5.97 Å². The van der Waals surface area contributed by atoms with Crippen LogP contribution in [0.3, 0.4) is 0 Å². The summed E-state index contributed by atoms with van der Waals surface area (Å²) in [7, 11) is 3.52. The Kier molecular flexibility index (Phi) is 3.43. The van der Waals surface area contributed by atoms with E-state index in [1.807, 2.05) is 18.2 Å². The zero-order chi connectivity index (χ0) is 12.3. The first-order valence-electron chi connectivity index (χ1n) is 5.87. The standard InChI is InChI=1S/C13H18N2O2/c1-15-9-6-13(7-10-15,12(16)17-2)11-5-3-4-8-14-11/h3-5,8H,6-7,9-10H2,1-2H3. The molecule has 0 atom stereocenters. The number of carbonyl (C=O) groups excluding carboxylic acids is 1. The second-order valence-electron chi connectivity index (χ2n) is 4.59. The number of carbonyl (C=O) groups is 1. The van der Waals surface area contributed by atoms with Crippen molar-refractivity contribution in [3.8, 4) is 0 Å². The Morgan fingerprint density at radius 1 is 1.41 bits per heavy atom. The molecular formula is C13H18N2O2. The monoisotopic (exact) mass is 234 g/mol. The maximum absolute atomic E-state index is 12.1. The fraction of sp³-hybridized carbons (Fsp3) is 0.538. The summed E-state index contributed by atoms with van der Waals surface area (Å²) in [5.41, 5.74) is 0.280. The van der Waals surface area contributed by atoms with Crippen LogP contribution in [0.5, 0.6) is 0 Å². The minimum absolute atomic E-state index is 0.163. The summed E-state index contributed by atoms with van der Waals surface area (Å²) in [6, 6.07) is 5.71. The molecular weight excluding hydrogens is 216 g/mol. The number of rotatable bonds is 2. The van der Waals surface area contributed by atoms with Crippen LogP contribution in [0.2, 0.25) is 0 Å². The molecule has 1 fully saturated rings. The highest BCUT2D eigenvalue weighted by Crippen LogP contribution is 2.35. The van der Waals surface area contributed by atoms with Gasteiger partial charge in [-0.05, 0) is 45.1 Å². The van der Waals surface area contributed by atoms with Crippen molar-refractivity contribution in [2.75, 3.05) is 27.2 Å². The highest BCUT2D eigenvalue weighted by atomic mass is 16.5. The van der Waals surface area contributed by atoms with E-state index < -0.39 is 5.41 Å². The highest BCUT2D eigenvalue weighted by molar-refractivity contribution is 5.82. The Balaban J connectivity index is 2.35. The highest BCUT2D eigenvalue weighted by Gasteiger charge is 2.44. The van der Waals surface area contributed by atoms with E-state index in [1.54, 1.807) is 6.20 Å². The number of pyridine rings is 1. The first-order chi connectivity index (χ1) is 8.19. The molecule has 2 heterocycles. The molecule has 0 spiro atoms. The first kappa shape index (κ1) is 12.0. The van der Waals surface area contributed by atoms with Gasteiger partial charge in [0, 0.05) is 6.20 Å². The maximum Gasteiger partial charge on any atom is 0.317 e. The average molecular weight is 234 g/mol. The molecule has 2 rings (SSSR count). The summed E-state index contributed by atoms with van der Waals surface area (Å²) < 4.78 is 4.99. The van der Waals surface area contributed by atoms with Crippen molar-refractivity contribution in [2.45, 2.75) is 18.3 Å². The number of esters is 1. The van der Waals surface area contributed by atoms with Crippen LogP contribution in [0, 0.1) is 0 Å². The molecule has 1 aromatic rings. The third-order valence-electron chi connectivity index (χ3n) is 3.57. The predicted molar refractivity (Wildman–Crippen MR) is 64.7 cm³/mol. The lowest BCUT2D eigenvalue weighted by molar-refractivity contribution is -0.149. The summed E-state index contributed by atoms with van der Waals surface area (Å²) >= 11 is 0. The predicted octanol–water partition coefficient (Wildman–Crippen LogP) is 1.22. The number of hydrogen-bond acceptors (Lipinski definition) is 4. The molecule has 17 heavy (non-hydrogen) atoms. The van der Waals surface area contributed by atoms with Gasteiger partial charge in [-0.1, -0.05) is 6.07 Å². The lowest BCUT2D eigenvalue weighted by atomic mass is 9.75. The van der Waals surface area contributed by atoms with Gasteiger partial charge in [0.2, 0.25) is 0 Å². The van der Waals surface area contributed by atoms with Crippen LogP contribution in [-0.4, -0.2) is 43.1 Å². The Morgan fingerprint density at radius 2 is 2.12 bits per heavy atom. The average Bonchev–Trinajstić information content (AvgIpc) is 2.40. The molecule has 0 radical (unpaired) electrons. The summed E-state index contributed by atoms with van der Waals surface area (Å²) in [6.45, 7) is 1.79. The minimum Gasteiger partial charge on any atom is -0.468 e. The van der Waals surface area contributed by atoms with E-state index >= 15 is 0 Å². The van der Waals surface area contributed by atoms with E-state index in [0.29, 0.717) is 0 Å². The topological polar surface area (TPSA) is 42.4 Å². The van der Waals surface area contributed by atoms with E-state index in [0.717, 1.165) is 31.6 Å². The van der Waals surface area contributed by atoms with Crippen LogP contribution in [0.1, 0.15) is 18.5 Å². The van der Waals surface area contributed by atoms with Gasteiger partial charge in [-0.2, -0.15) is 0 Å². The fourth-order valence-electron chi connectivity index (χ4n) is 2.41. The van der Waals surface area contributed by atoms with Gasteiger partial charge in [-0.3, -0.25) is 9.78 Å². The zero-order valence-corrected chi connectivity index (χ0v) is 10.3. The third kappa shape index (κ3) is 2.17. The molecule has 92 valence electrons. The molecule has 0 unspecified atom stereocenters. The Hall–Kier alpha value is -1.42. The summed E-state index contributed by atoms with van der Waals surface area (Å²) in [5, 5.41) is 0. The maximum atomic E-state index is 12.1. The van der Waals surface area contributed by atoms with Crippen LogP contribution >= 0.6 is 0 Å². The van der Waals surface area contributed by atoms with Crippen LogP contribution in [-0.2, 0) is 14.9 Å². The number of aromatic nitrogens is 1. The fourth-order valence-corrected chi connectivity index (χ4v) is 2.41. The minimum atomic E-state index is -0.553. The Bertz CT molecular complexity index is 384. The van der Waals surface area contributed by atoms with Crippen molar-refractivity contribution in [2.24, 2.45) is 0 Å². The van der Waals surface area contributed by atoms with E-state index in [1.165, 1.54) is 7.11 Å². The number of methoxy groups -OCH3 is 1. The SMILES string of the molecule is COC(=O)C1(c2ccccn2)CCN(C)CC1. The van der Waals surface area contributed by atoms with E-state index in [9.17, 15) is 4.79 Å². The molecule has 0 N–H and O–H groups in total. The van der Waals surface area contributed by atoms with Crippen molar-refractivity contribution in [1.29, 1.82) is 0 Å². The van der Waals surface area contributed by atoms with E-state index in [4.69, 9.17) is 4.74 Å². The first-order valence-corrected chi connectivity index (χ1v) is 5.87. The number of ether oxygens (including phenoxy) is 1. The third-order valence-corrected chi connectivity index (χ3v) is 3.57. The van der Waals surface area contributed by atoms with Gasteiger partial charge in [0.05, 0.1) is 12.8 Å². The van der Waals surface area contributed by atoms with Gasteiger partial charge in [0.1, 0.15) is 5.41 Å². The van der Waals surface area contributed by atoms with Crippen LogP contribution in [0.25, 0.3) is 0 Å². The van der Waals surface area contributed by atoms with Gasteiger partial charge < -0.3 is 9.64 Å². The summed E-state index contributed by atoms with van der Waals surface area (Å²) in [4.78, 5) is 18.7. The van der Waals surface area contributed by atoms with Crippen molar-refractivity contribution in [3.63, 3.8) is 0 Å². The molecule has 1 aliphatic rings. The molecule has 0 amide bonds. The van der Waals surface area contributed by atoms with Gasteiger partial charge in [-0.25, -0.2) is 0 Å². The number of nitrogens with zero attached hydrogens (tertiary/aromatic N) is 2. The van der Waals surface area contributed by atoms with Crippen molar-refractivity contribution in [1.82, 2.24) is 9.88 Å². The molecule has 4 nitrogen and oxygen atoms in total. The van der Waals surface area contributed by atoms with Crippen LogP contribution in [0.4, 0.5) is 0 Å². The molecule has 1 saturated heterocycles. The second kappa shape index (κ2) is 4.84. The number of likely N-dealkylation sites (tertiary alicyclic amines) is 1. The van der Waals surface area contributed by atoms with E-state index in [2.05, 4.69) is 16.9 Å². The quantitative estimate of drug-likeness (QED) is 0.722. The lowest BCUT2D eigenvalue weighted by Crippen LogP contribution is -2.47. The van der Waals surface area contributed by atoms with Gasteiger partial charge in [0.15, 0.2) is 0 Å². The molecule has 0 bridgehead atoms. The normalized spacial score (nSPS) is 19.9. The van der Waals surface area contributed by atoms with Gasteiger partial charge in [-0.15, -0.1) is 0 Å². The van der Waals surface area contributed by atoms with Crippen LogP contribution < -0.4 is 0 Å². The number of piperidine rings is 1. The molecule has 1 aliphatic heterocycles. The molecule has 0 aliphatic carbocycles.